The van der Waals surface area contributed by atoms with Gasteiger partial charge in [0.2, 0.25) is 0 Å². The number of hydrogen-bond donors (Lipinski definition) is 4. The van der Waals surface area contributed by atoms with Gasteiger partial charge in [0.25, 0.3) is 5.69 Å². The number of rotatable bonds is 4. The lowest BCUT2D eigenvalue weighted by Gasteiger charge is -2.17. The van der Waals surface area contributed by atoms with Crippen LogP contribution in [0.5, 0.6) is 0 Å². The molecule has 1 aliphatic heterocycles. The molecule has 1 aromatic carbocycles. The number of benzene rings is 1. The number of nitrogens with one attached hydrogen (secondary N) is 1. The quantitative estimate of drug-likeness (QED) is 0.427. The van der Waals surface area contributed by atoms with E-state index in [4.69, 9.17) is 9.84 Å². The smallest absolute Gasteiger partial charge is 0.271 e. The predicted octanol–water partition coefficient (Wildman–Crippen LogP) is -0.554. The Morgan fingerprint density at radius 1 is 1.37 bits per heavy atom. The normalized spacial score (nSPS) is 30.3. The van der Waals surface area contributed by atoms with Gasteiger partial charge in [-0.3, -0.25) is 10.1 Å². The van der Waals surface area contributed by atoms with Gasteiger partial charge in [0, 0.05) is 17.8 Å². The third-order valence-electron chi connectivity index (χ3n) is 2.91. The average molecular weight is 270 g/mol. The summed E-state index contributed by atoms with van der Waals surface area (Å²) in [6, 6.07) is 5.68. The molecule has 0 radical (unpaired) electrons. The Kier molecular flexibility index (Phi) is 3.96. The van der Waals surface area contributed by atoms with E-state index >= 15 is 0 Å². The van der Waals surface area contributed by atoms with Crippen molar-refractivity contribution in [1.29, 1.82) is 0 Å². The van der Waals surface area contributed by atoms with Crippen molar-refractivity contribution in [3.63, 3.8) is 0 Å². The van der Waals surface area contributed by atoms with Crippen LogP contribution in [0.3, 0.4) is 0 Å². The highest BCUT2D eigenvalue weighted by molar-refractivity contribution is 5.51. The van der Waals surface area contributed by atoms with E-state index in [9.17, 15) is 20.3 Å². The van der Waals surface area contributed by atoms with Gasteiger partial charge in [-0.25, -0.2) is 0 Å². The molecule has 0 aromatic heterocycles. The first-order valence-corrected chi connectivity index (χ1v) is 5.66. The topological polar surface area (TPSA) is 125 Å². The molecule has 0 amide bonds. The van der Waals surface area contributed by atoms with E-state index in [0.717, 1.165) is 0 Å². The minimum atomic E-state index is -1.23. The number of anilines is 1. The van der Waals surface area contributed by atoms with Gasteiger partial charge in [-0.05, 0) is 6.07 Å². The van der Waals surface area contributed by atoms with Crippen LogP contribution >= 0.6 is 0 Å². The standard InChI is InChI=1S/C11H14N2O6/c14-5-8-9(15)10(16)11(19-8)12-6-2-1-3-7(4-6)13(17)18/h1-4,8-12,14-16H,5H2/t8-,9+,10+,11-/m1/s1. The van der Waals surface area contributed by atoms with Crippen molar-refractivity contribution in [2.45, 2.75) is 24.5 Å². The molecular weight excluding hydrogens is 256 g/mol. The molecule has 0 unspecified atom stereocenters. The van der Waals surface area contributed by atoms with Crippen molar-refractivity contribution >= 4 is 11.4 Å². The number of non-ortho nitro benzene ring substituents is 1. The second-order valence-corrected chi connectivity index (χ2v) is 4.21. The molecule has 0 spiro atoms. The molecule has 4 atom stereocenters. The number of ether oxygens (including phenoxy) is 1. The highest BCUT2D eigenvalue weighted by atomic mass is 16.6. The zero-order chi connectivity index (χ0) is 14.0. The summed E-state index contributed by atoms with van der Waals surface area (Å²) in [6.07, 6.45) is -4.25. The fourth-order valence-corrected chi connectivity index (χ4v) is 1.89. The highest BCUT2D eigenvalue weighted by Crippen LogP contribution is 2.24. The summed E-state index contributed by atoms with van der Waals surface area (Å²) in [4.78, 5) is 10.1. The minimum Gasteiger partial charge on any atom is -0.394 e. The molecule has 0 bridgehead atoms. The second-order valence-electron chi connectivity index (χ2n) is 4.21. The molecule has 4 N–H and O–H groups in total. The summed E-state index contributed by atoms with van der Waals surface area (Å²) in [6.45, 7) is -0.425. The molecule has 2 rings (SSSR count). The van der Waals surface area contributed by atoms with Gasteiger partial charge in [0.05, 0.1) is 11.5 Å². The highest BCUT2D eigenvalue weighted by Gasteiger charge is 2.42. The number of aliphatic hydroxyl groups excluding tert-OH is 3. The van der Waals surface area contributed by atoms with Crippen LogP contribution in [0.2, 0.25) is 0 Å². The summed E-state index contributed by atoms with van der Waals surface area (Å²) in [5.74, 6) is 0. The summed E-state index contributed by atoms with van der Waals surface area (Å²) < 4.78 is 5.21. The van der Waals surface area contributed by atoms with E-state index in [1.165, 1.54) is 18.2 Å². The van der Waals surface area contributed by atoms with Crippen LogP contribution < -0.4 is 5.32 Å². The van der Waals surface area contributed by atoms with Crippen LogP contribution in [-0.2, 0) is 4.74 Å². The fourth-order valence-electron chi connectivity index (χ4n) is 1.89. The van der Waals surface area contributed by atoms with Crippen molar-refractivity contribution < 1.29 is 25.0 Å². The number of hydrogen-bond acceptors (Lipinski definition) is 7. The van der Waals surface area contributed by atoms with Gasteiger partial charge in [0.15, 0.2) is 6.23 Å². The van der Waals surface area contributed by atoms with Crippen LogP contribution in [-0.4, -0.2) is 51.4 Å². The van der Waals surface area contributed by atoms with Crippen molar-refractivity contribution in [2.24, 2.45) is 0 Å². The molecule has 1 heterocycles. The maximum absolute atomic E-state index is 10.6. The molecule has 0 saturated carbocycles. The summed E-state index contributed by atoms with van der Waals surface area (Å²) in [5, 5.41) is 41.6. The van der Waals surface area contributed by atoms with Crippen molar-refractivity contribution in [3.05, 3.63) is 34.4 Å². The molecule has 8 heteroatoms. The lowest BCUT2D eigenvalue weighted by Crippen LogP contribution is -2.36. The summed E-state index contributed by atoms with van der Waals surface area (Å²) in [7, 11) is 0. The van der Waals surface area contributed by atoms with Crippen molar-refractivity contribution in [1.82, 2.24) is 0 Å². The average Bonchev–Trinajstić information content (AvgIpc) is 2.67. The SMILES string of the molecule is O=[N+]([O-])c1cccc(N[C@@H]2O[C@H](CO)[C@H](O)[C@@H]2O)c1. The molecule has 1 saturated heterocycles. The fraction of sp³-hybridized carbons (Fsp3) is 0.455. The van der Waals surface area contributed by atoms with Gasteiger partial charge in [-0.15, -0.1) is 0 Å². The first-order chi connectivity index (χ1) is 9.02. The summed E-state index contributed by atoms with van der Waals surface area (Å²) in [5.41, 5.74) is 0.279. The first-order valence-electron chi connectivity index (χ1n) is 5.66. The van der Waals surface area contributed by atoms with Gasteiger partial charge < -0.3 is 25.4 Å². The molecule has 19 heavy (non-hydrogen) atoms. The van der Waals surface area contributed by atoms with Gasteiger partial charge in [0.1, 0.15) is 18.3 Å². The lowest BCUT2D eigenvalue weighted by molar-refractivity contribution is -0.384. The number of nitro groups is 1. The number of aliphatic hydroxyl groups is 3. The molecule has 1 aliphatic rings. The maximum atomic E-state index is 10.6. The first kappa shape index (κ1) is 13.7. The minimum absolute atomic E-state index is 0.100. The van der Waals surface area contributed by atoms with E-state index < -0.39 is 36.1 Å². The Morgan fingerprint density at radius 2 is 2.11 bits per heavy atom. The Hall–Kier alpha value is -1.74. The van der Waals surface area contributed by atoms with Crippen molar-refractivity contribution in [2.75, 3.05) is 11.9 Å². The largest absolute Gasteiger partial charge is 0.394 e. The van der Waals surface area contributed by atoms with E-state index in [1.54, 1.807) is 6.07 Å². The monoisotopic (exact) mass is 270 g/mol. The molecule has 1 fully saturated rings. The number of nitrogens with zero attached hydrogens (tertiary/aromatic N) is 1. The third-order valence-corrected chi connectivity index (χ3v) is 2.91. The predicted molar refractivity (Wildman–Crippen MR) is 64.5 cm³/mol. The third kappa shape index (κ3) is 2.82. The lowest BCUT2D eigenvalue weighted by atomic mass is 10.1. The van der Waals surface area contributed by atoms with Crippen LogP contribution in [0.15, 0.2) is 24.3 Å². The molecule has 8 nitrogen and oxygen atoms in total. The van der Waals surface area contributed by atoms with E-state index in [1.807, 2.05) is 0 Å². The molecule has 104 valence electrons. The van der Waals surface area contributed by atoms with Gasteiger partial charge in [-0.2, -0.15) is 0 Å². The molecular formula is C11H14N2O6. The zero-order valence-corrected chi connectivity index (χ0v) is 9.84. The number of nitro benzene ring substituents is 1. The van der Waals surface area contributed by atoms with Crippen LogP contribution in [0.1, 0.15) is 0 Å². The van der Waals surface area contributed by atoms with Crippen molar-refractivity contribution in [3.8, 4) is 0 Å². The van der Waals surface area contributed by atoms with E-state index in [0.29, 0.717) is 5.69 Å². The molecule has 0 aliphatic carbocycles. The Labute approximate surface area is 108 Å². The second kappa shape index (κ2) is 5.49. The van der Waals surface area contributed by atoms with E-state index in [2.05, 4.69) is 5.32 Å². The van der Waals surface area contributed by atoms with Gasteiger partial charge in [-0.1, -0.05) is 6.07 Å². The Morgan fingerprint density at radius 3 is 2.68 bits per heavy atom. The van der Waals surface area contributed by atoms with Crippen LogP contribution in [0, 0.1) is 10.1 Å². The Bertz CT molecular complexity index is 468. The van der Waals surface area contributed by atoms with Crippen LogP contribution in [0.4, 0.5) is 11.4 Å². The molecule has 1 aromatic rings. The Balaban J connectivity index is 2.09. The van der Waals surface area contributed by atoms with Gasteiger partial charge >= 0.3 is 0 Å². The van der Waals surface area contributed by atoms with E-state index in [-0.39, 0.29) is 5.69 Å². The maximum Gasteiger partial charge on any atom is 0.271 e. The zero-order valence-electron chi connectivity index (χ0n) is 9.84. The summed E-state index contributed by atoms with van der Waals surface area (Å²) >= 11 is 0. The van der Waals surface area contributed by atoms with Crippen LogP contribution in [0.25, 0.3) is 0 Å².